The van der Waals surface area contributed by atoms with Crippen LogP contribution in [0.25, 0.3) is 10.9 Å². The molecule has 1 aromatic heterocycles. The molecule has 0 aliphatic rings. The fraction of sp³-hybridized carbons (Fsp3) is 0.421. The third-order valence-electron chi connectivity index (χ3n) is 4.43. The van der Waals surface area contributed by atoms with Crippen molar-refractivity contribution in [2.24, 2.45) is 13.0 Å². The lowest BCUT2D eigenvalue weighted by molar-refractivity contribution is -0.304. The third kappa shape index (κ3) is 4.36. The van der Waals surface area contributed by atoms with Gasteiger partial charge in [-0.15, -0.1) is 0 Å². The maximum atomic E-state index is 12.8. The Morgan fingerprint density at radius 3 is 2.36 bits per heavy atom. The van der Waals surface area contributed by atoms with Crippen LogP contribution in [0.5, 0.6) is 11.5 Å². The van der Waals surface area contributed by atoms with Crippen LogP contribution in [-0.2, 0) is 16.6 Å². The highest BCUT2D eigenvalue weighted by Gasteiger charge is 2.26. The highest BCUT2D eigenvalue weighted by Crippen LogP contribution is 2.33. The molecule has 1 heterocycles. The molecule has 1 atom stereocenters. The molecule has 0 aliphatic carbocycles. The first kappa shape index (κ1) is 21.1. The van der Waals surface area contributed by atoms with E-state index in [9.17, 15) is 19.5 Å². The van der Waals surface area contributed by atoms with Crippen LogP contribution in [0.3, 0.4) is 0 Å². The molecular weight excluding hydrogens is 366 g/mol. The van der Waals surface area contributed by atoms with Crippen LogP contribution in [0.15, 0.2) is 18.2 Å². The van der Waals surface area contributed by atoms with Gasteiger partial charge in [-0.3, -0.25) is 9.59 Å². The number of ether oxygens (including phenoxy) is 2. The van der Waals surface area contributed by atoms with Gasteiger partial charge in [-0.2, -0.15) is 0 Å². The minimum atomic E-state index is -1.41. The summed E-state index contributed by atoms with van der Waals surface area (Å²) in [5.74, 6) is -1.59. The zero-order chi connectivity index (χ0) is 21.0. The second kappa shape index (κ2) is 8.64. The van der Waals surface area contributed by atoms with E-state index in [-0.39, 0.29) is 5.92 Å². The van der Waals surface area contributed by atoms with Crippen LogP contribution in [-0.4, -0.2) is 49.2 Å². The minimum absolute atomic E-state index is 0.255. The molecule has 0 aliphatic heterocycles. The lowest BCUT2D eigenvalue weighted by atomic mass is 10.0. The molecule has 0 unspecified atom stereocenters. The molecule has 28 heavy (non-hydrogen) atoms. The van der Waals surface area contributed by atoms with Crippen molar-refractivity contribution in [2.45, 2.75) is 19.9 Å². The topological polar surface area (TPSA) is 122 Å². The minimum Gasteiger partial charge on any atom is -0.548 e. The maximum absolute atomic E-state index is 12.8. The summed E-state index contributed by atoms with van der Waals surface area (Å²) >= 11 is 0. The van der Waals surface area contributed by atoms with Gasteiger partial charge >= 0.3 is 0 Å². The summed E-state index contributed by atoms with van der Waals surface area (Å²) < 4.78 is 12.3. The molecule has 2 rings (SSSR count). The molecule has 2 aromatic rings. The van der Waals surface area contributed by atoms with Gasteiger partial charge in [-0.05, 0) is 12.0 Å². The Hall–Kier alpha value is -3.23. The van der Waals surface area contributed by atoms with Gasteiger partial charge in [-0.25, -0.2) is 0 Å². The van der Waals surface area contributed by atoms with Crippen molar-refractivity contribution in [3.63, 3.8) is 0 Å². The maximum Gasteiger partial charge on any atom is 0.268 e. The van der Waals surface area contributed by atoms with E-state index >= 15 is 0 Å². The lowest BCUT2D eigenvalue weighted by Gasteiger charge is -2.22. The number of aryl methyl sites for hydroxylation is 1. The lowest BCUT2D eigenvalue weighted by Crippen LogP contribution is -2.51. The summed E-state index contributed by atoms with van der Waals surface area (Å²) in [6.07, 6.45) is 0. The van der Waals surface area contributed by atoms with E-state index < -0.39 is 30.4 Å². The van der Waals surface area contributed by atoms with Gasteiger partial charge in [-0.1, -0.05) is 13.8 Å². The molecule has 152 valence electrons. The highest BCUT2D eigenvalue weighted by molar-refractivity contribution is 6.02. The van der Waals surface area contributed by atoms with Gasteiger partial charge in [0.2, 0.25) is 5.91 Å². The van der Waals surface area contributed by atoms with Gasteiger partial charge in [0.1, 0.15) is 23.2 Å². The Kier molecular flexibility index (Phi) is 6.50. The van der Waals surface area contributed by atoms with Crippen LogP contribution in [0, 0.1) is 5.92 Å². The summed E-state index contributed by atoms with van der Waals surface area (Å²) in [6.45, 7) is 2.88. The van der Waals surface area contributed by atoms with E-state index in [1.165, 1.54) is 14.2 Å². The molecule has 9 nitrogen and oxygen atoms in total. The van der Waals surface area contributed by atoms with Crippen LogP contribution in [0.2, 0.25) is 0 Å². The smallest absolute Gasteiger partial charge is 0.268 e. The number of carboxylic acids is 1. The van der Waals surface area contributed by atoms with Gasteiger partial charge < -0.3 is 34.6 Å². The number of fused-ring (bicyclic) bond motifs is 1. The largest absolute Gasteiger partial charge is 0.548 e. The van der Waals surface area contributed by atoms with Gasteiger partial charge in [0.05, 0.1) is 32.3 Å². The Bertz CT molecular complexity index is 903. The quantitative estimate of drug-likeness (QED) is 0.645. The molecule has 1 aromatic carbocycles. The fourth-order valence-electron chi connectivity index (χ4n) is 2.90. The second-order valence-electron chi connectivity index (χ2n) is 6.64. The second-order valence-corrected chi connectivity index (χ2v) is 6.64. The first-order chi connectivity index (χ1) is 13.2. The number of benzene rings is 1. The normalized spacial score (nSPS) is 11.9. The Morgan fingerprint density at radius 1 is 1.14 bits per heavy atom. The zero-order valence-corrected chi connectivity index (χ0v) is 16.5. The molecule has 2 N–H and O–H groups in total. The number of carbonyl (C=O) groups is 3. The molecule has 0 bridgehead atoms. The average molecular weight is 390 g/mol. The first-order valence-electron chi connectivity index (χ1n) is 8.69. The summed E-state index contributed by atoms with van der Waals surface area (Å²) in [5.41, 5.74) is 1.05. The van der Waals surface area contributed by atoms with Crippen molar-refractivity contribution in [3.8, 4) is 11.5 Å². The Balaban J connectivity index is 2.34. The Morgan fingerprint density at radius 2 is 1.82 bits per heavy atom. The molecule has 0 radical (unpaired) electrons. The summed E-state index contributed by atoms with van der Waals surface area (Å²) in [5, 5.41) is 16.2. The zero-order valence-electron chi connectivity index (χ0n) is 16.5. The molecule has 0 fully saturated rings. The van der Waals surface area contributed by atoms with Crippen molar-refractivity contribution in [1.29, 1.82) is 0 Å². The van der Waals surface area contributed by atoms with E-state index in [0.29, 0.717) is 17.2 Å². The summed E-state index contributed by atoms with van der Waals surface area (Å²) in [6, 6.07) is 4.26. The molecular formula is C19H24N3O6-. The number of carbonyl (C=O) groups excluding carboxylic acids is 3. The number of hydrogen-bond acceptors (Lipinski definition) is 6. The first-order valence-corrected chi connectivity index (χ1v) is 8.69. The standard InChI is InChI=1S/C19H25N3O6/c1-10(2)17(19(26)20-9-16(23)24)21-18(25)14-8-12-13(22(14)3)6-11(27-4)7-15(12)28-5/h6-8,10,17H,9H2,1-5H3,(H,20,26)(H,21,25)(H,23,24)/p-1/t17-/m0/s1. The van der Waals surface area contributed by atoms with Gasteiger partial charge in [0, 0.05) is 24.6 Å². The monoisotopic (exact) mass is 390 g/mol. The molecule has 0 spiro atoms. The van der Waals surface area contributed by atoms with Crippen LogP contribution >= 0.6 is 0 Å². The summed E-state index contributed by atoms with van der Waals surface area (Å²) in [4.78, 5) is 35.6. The predicted octanol–water partition coefficient (Wildman–Crippen LogP) is -0.184. The van der Waals surface area contributed by atoms with Crippen molar-refractivity contribution < 1.29 is 29.0 Å². The number of rotatable bonds is 8. The fourth-order valence-corrected chi connectivity index (χ4v) is 2.90. The molecule has 0 saturated carbocycles. The van der Waals surface area contributed by atoms with Crippen molar-refractivity contribution >= 4 is 28.7 Å². The number of carboxylic acid groups (broad SMARTS) is 1. The van der Waals surface area contributed by atoms with Crippen molar-refractivity contribution in [1.82, 2.24) is 15.2 Å². The van der Waals surface area contributed by atoms with E-state index in [4.69, 9.17) is 9.47 Å². The number of methoxy groups -OCH3 is 2. The Labute approximate surface area is 162 Å². The molecule has 2 amide bonds. The van der Waals surface area contributed by atoms with E-state index in [0.717, 1.165) is 10.9 Å². The molecule has 0 saturated heterocycles. The van der Waals surface area contributed by atoms with Crippen LogP contribution in [0.4, 0.5) is 0 Å². The number of nitrogens with one attached hydrogen (secondary N) is 2. The van der Waals surface area contributed by atoms with E-state index in [1.54, 1.807) is 43.7 Å². The number of aromatic nitrogens is 1. The van der Waals surface area contributed by atoms with E-state index in [2.05, 4.69) is 10.6 Å². The van der Waals surface area contributed by atoms with Crippen LogP contribution < -0.4 is 25.2 Å². The van der Waals surface area contributed by atoms with Crippen LogP contribution in [0.1, 0.15) is 24.3 Å². The molecule has 9 heteroatoms. The van der Waals surface area contributed by atoms with Gasteiger partial charge in [0.25, 0.3) is 5.91 Å². The van der Waals surface area contributed by atoms with Crippen molar-refractivity contribution in [3.05, 3.63) is 23.9 Å². The average Bonchev–Trinajstić information content (AvgIpc) is 2.99. The van der Waals surface area contributed by atoms with Crippen molar-refractivity contribution in [2.75, 3.05) is 20.8 Å². The summed E-state index contributed by atoms with van der Waals surface area (Å²) in [7, 11) is 4.78. The highest BCUT2D eigenvalue weighted by atomic mass is 16.5. The predicted molar refractivity (Wildman–Crippen MR) is 100 cm³/mol. The number of hydrogen-bond donors (Lipinski definition) is 2. The van der Waals surface area contributed by atoms with E-state index in [1.807, 2.05) is 0 Å². The van der Waals surface area contributed by atoms with Gasteiger partial charge in [0.15, 0.2) is 0 Å². The number of amides is 2. The SMILES string of the molecule is COc1cc(OC)c2cc(C(=O)N[C@H](C(=O)NCC(=O)[O-])C(C)C)n(C)c2c1. The third-order valence-corrected chi connectivity index (χ3v) is 4.43. The number of nitrogens with zero attached hydrogens (tertiary/aromatic N) is 1. The number of aliphatic carboxylic acids is 1.